The van der Waals surface area contributed by atoms with Crippen molar-refractivity contribution >= 4 is 22.6 Å². The molecule has 1 aromatic carbocycles. The van der Waals surface area contributed by atoms with Crippen molar-refractivity contribution in [2.75, 3.05) is 31.1 Å². The summed E-state index contributed by atoms with van der Waals surface area (Å²) in [4.78, 5) is 22.4. The summed E-state index contributed by atoms with van der Waals surface area (Å²) in [7, 11) is 0. The van der Waals surface area contributed by atoms with Gasteiger partial charge in [-0.15, -0.1) is 0 Å². The van der Waals surface area contributed by atoms with E-state index in [1.54, 1.807) is 6.20 Å². The van der Waals surface area contributed by atoms with Crippen molar-refractivity contribution in [3.05, 3.63) is 53.3 Å². The zero-order valence-electron chi connectivity index (χ0n) is 19.2. The first-order valence-corrected chi connectivity index (χ1v) is 11.8. The molecule has 2 saturated heterocycles. The number of likely N-dealkylation sites (tertiary alicyclic amines) is 1. The van der Waals surface area contributed by atoms with Gasteiger partial charge in [0.05, 0.1) is 11.7 Å². The Morgan fingerprint density at radius 1 is 1.21 bits per heavy atom. The second-order valence-electron chi connectivity index (χ2n) is 9.24. The summed E-state index contributed by atoms with van der Waals surface area (Å²) >= 11 is 0. The van der Waals surface area contributed by atoms with Crippen molar-refractivity contribution in [2.45, 2.75) is 51.5 Å². The van der Waals surface area contributed by atoms with Crippen molar-refractivity contribution < 1.29 is 13.7 Å². The van der Waals surface area contributed by atoms with E-state index in [0.29, 0.717) is 18.9 Å². The van der Waals surface area contributed by atoms with Gasteiger partial charge in [0.2, 0.25) is 0 Å². The average molecular weight is 452 g/mol. The van der Waals surface area contributed by atoms with Crippen LogP contribution in [-0.4, -0.2) is 53.3 Å². The fraction of sp³-hybridized carbons (Fsp3) is 0.480. The Kier molecular flexibility index (Phi) is 6.01. The van der Waals surface area contributed by atoms with Crippen LogP contribution in [0.15, 0.2) is 35.0 Å². The third-order valence-corrected chi connectivity index (χ3v) is 6.89. The summed E-state index contributed by atoms with van der Waals surface area (Å²) < 4.78 is 19.6. The highest BCUT2D eigenvalue weighted by Crippen LogP contribution is 2.34. The molecule has 0 saturated carbocycles. The van der Waals surface area contributed by atoms with Gasteiger partial charge in [-0.05, 0) is 75.2 Å². The minimum atomic E-state index is -0.279. The topological polar surface area (TPSA) is 74.5 Å². The molecule has 5 rings (SSSR count). The smallest absolute Gasteiger partial charge is 0.325 e. The molecule has 2 amide bonds. The predicted octanol–water partition coefficient (Wildman–Crippen LogP) is 4.54. The van der Waals surface area contributed by atoms with Gasteiger partial charge in [0.25, 0.3) is 0 Å². The number of halogens is 1. The van der Waals surface area contributed by atoms with Crippen LogP contribution >= 0.6 is 0 Å². The summed E-state index contributed by atoms with van der Waals surface area (Å²) in [5.41, 5.74) is 1.67. The van der Waals surface area contributed by atoms with E-state index in [1.165, 1.54) is 12.1 Å². The van der Waals surface area contributed by atoms with Gasteiger partial charge in [-0.25, -0.2) is 14.2 Å². The lowest BCUT2D eigenvalue weighted by Gasteiger charge is -2.40. The van der Waals surface area contributed by atoms with Gasteiger partial charge >= 0.3 is 6.03 Å². The van der Waals surface area contributed by atoms with Gasteiger partial charge < -0.3 is 14.7 Å². The molecule has 8 heteroatoms. The largest absolute Gasteiger partial charge is 0.361 e. The van der Waals surface area contributed by atoms with Crippen LogP contribution < -0.4 is 10.2 Å². The predicted molar refractivity (Wildman–Crippen MR) is 125 cm³/mol. The van der Waals surface area contributed by atoms with Crippen LogP contribution in [0.3, 0.4) is 0 Å². The Hall–Kier alpha value is -3.00. The maximum atomic E-state index is 14.1. The number of rotatable bonds is 3. The van der Waals surface area contributed by atoms with Crippen LogP contribution in [-0.2, 0) is 0 Å². The van der Waals surface area contributed by atoms with Crippen molar-refractivity contribution in [1.29, 1.82) is 0 Å². The summed E-state index contributed by atoms with van der Waals surface area (Å²) in [6, 6.07) is 6.80. The summed E-state index contributed by atoms with van der Waals surface area (Å²) in [6.07, 6.45) is 5.25. The summed E-state index contributed by atoms with van der Waals surface area (Å²) in [6.45, 7) is 6.78. The van der Waals surface area contributed by atoms with Gasteiger partial charge in [0.1, 0.15) is 17.4 Å². The van der Waals surface area contributed by atoms with Crippen molar-refractivity contribution in [3.63, 3.8) is 0 Å². The molecule has 0 bridgehead atoms. The van der Waals surface area contributed by atoms with Crippen LogP contribution in [0.1, 0.15) is 48.6 Å². The fourth-order valence-electron chi connectivity index (χ4n) is 5.20. The van der Waals surface area contributed by atoms with E-state index >= 15 is 0 Å². The van der Waals surface area contributed by atoms with Crippen LogP contribution in [0.25, 0.3) is 10.8 Å². The zero-order chi connectivity index (χ0) is 22.9. The Labute approximate surface area is 192 Å². The molecule has 0 unspecified atom stereocenters. The summed E-state index contributed by atoms with van der Waals surface area (Å²) in [5, 5.41) is 9.04. The SMILES string of the molecule is Cc1cc(C2CCN(C(=O)N(c3nccc4cc(F)cc(C)c34)[C@@H]3CCCNC3)CC2)on1. The van der Waals surface area contributed by atoms with Crippen molar-refractivity contribution in [1.82, 2.24) is 20.4 Å². The number of aryl methyl sites for hydroxylation is 2. The number of nitrogens with one attached hydrogen (secondary N) is 1. The lowest BCUT2D eigenvalue weighted by molar-refractivity contribution is 0.178. The number of piperidine rings is 2. The second kappa shape index (κ2) is 9.09. The quantitative estimate of drug-likeness (QED) is 0.633. The minimum Gasteiger partial charge on any atom is -0.361 e. The standard InChI is InChI=1S/C25H30FN5O2/c1-16-12-20(26)14-19-5-9-28-24(23(16)19)31(21-4-3-8-27-15-21)25(32)30-10-6-18(7-11-30)22-13-17(2)29-33-22/h5,9,12-14,18,21,27H,3-4,6-8,10-11,15H2,1-2H3/t21-/m1/s1. The van der Waals surface area contributed by atoms with Crippen LogP contribution in [0.4, 0.5) is 15.0 Å². The van der Waals surface area contributed by atoms with Crippen LogP contribution in [0.5, 0.6) is 0 Å². The minimum absolute atomic E-state index is 0.00319. The van der Waals surface area contributed by atoms with E-state index in [4.69, 9.17) is 4.52 Å². The lowest BCUT2D eigenvalue weighted by Crippen LogP contribution is -2.55. The van der Waals surface area contributed by atoms with Crippen molar-refractivity contribution in [2.24, 2.45) is 0 Å². The normalized spacial score (nSPS) is 19.7. The average Bonchev–Trinajstić information content (AvgIpc) is 3.26. The highest BCUT2D eigenvalue weighted by molar-refractivity contribution is 6.03. The second-order valence-corrected chi connectivity index (χ2v) is 9.24. The highest BCUT2D eigenvalue weighted by atomic mass is 19.1. The molecule has 2 aliphatic rings. The number of anilines is 1. The van der Waals surface area contributed by atoms with Gasteiger partial charge in [-0.2, -0.15) is 0 Å². The Morgan fingerprint density at radius 2 is 2.03 bits per heavy atom. The first-order valence-electron chi connectivity index (χ1n) is 11.8. The maximum Gasteiger partial charge on any atom is 0.325 e. The molecule has 2 fully saturated rings. The molecule has 2 aromatic heterocycles. The Balaban J connectivity index is 1.45. The molecule has 4 heterocycles. The van der Waals surface area contributed by atoms with Gasteiger partial charge in [0.15, 0.2) is 0 Å². The fourth-order valence-corrected chi connectivity index (χ4v) is 5.20. The van der Waals surface area contributed by atoms with Crippen molar-refractivity contribution in [3.8, 4) is 0 Å². The Morgan fingerprint density at radius 3 is 2.73 bits per heavy atom. The monoisotopic (exact) mass is 451 g/mol. The van der Waals surface area contributed by atoms with Crippen LogP contribution in [0, 0.1) is 19.7 Å². The summed E-state index contributed by atoms with van der Waals surface area (Å²) in [5.74, 6) is 1.53. The first-order chi connectivity index (χ1) is 16.0. The van der Waals surface area contributed by atoms with Gasteiger partial charge in [0, 0.05) is 43.2 Å². The van der Waals surface area contributed by atoms with Gasteiger partial charge in [-0.3, -0.25) is 4.90 Å². The number of hydrogen-bond donors (Lipinski definition) is 1. The maximum absolute atomic E-state index is 14.1. The van der Waals surface area contributed by atoms with E-state index in [2.05, 4.69) is 15.5 Å². The van der Waals surface area contributed by atoms with E-state index in [9.17, 15) is 9.18 Å². The number of carbonyl (C=O) groups excluding carboxylic acids is 1. The Bertz CT molecular complexity index is 1150. The third kappa shape index (κ3) is 4.31. The number of carbonyl (C=O) groups is 1. The van der Waals surface area contributed by atoms with Crippen LogP contribution in [0.2, 0.25) is 0 Å². The lowest BCUT2D eigenvalue weighted by atomic mass is 9.94. The number of pyridine rings is 1. The van der Waals surface area contributed by atoms with E-state index < -0.39 is 0 Å². The third-order valence-electron chi connectivity index (χ3n) is 6.89. The molecule has 2 aliphatic heterocycles. The molecule has 0 aliphatic carbocycles. The molecule has 0 radical (unpaired) electrons. The zero-order valence-corrected chi connectivity index (χ0v) is 19.2. The van der Waals surface area contributed by atoms with Gasteiger partial charge in [-0.1, -0.05) is 5.16 Å². The number of urea groups is 1. The number of benzene rings is 1. The number of nitrogens with zero attached hydrogens (tertiary/aromatic N) is 4. The number of aromatic nitrogens is 2. The number of amides is 2. The molecule has 7 nitrogen and oxygen atoms in total. The molecule has 33 heavy (non-hydrogen) atoms. The molecule has 3 aromatic rings. The molecular formula is C25H30FN5O2. The van der Waals surface area contributed by atoms with E-state index in [0.717, 1.165) is 66.6 Å². The molecule has 1 atom stereocenters. The first kappa shape index (κ1) is 21.8. The molecule has 174 valence electrons. The highest BCUT2D eigenvalue weighted by Gasteiger charge is 2.35. The number of fused-ring (bicyclic) bond motifs is 1. The molecule has 0 spiro atoms. The van der Waals surface area contributed by atoms with E-state index in [1.807, 2.05) is 35.8 Å². The molecule has 1 N–H and O–H groups in total. The molecular weight excluding hydrogens is 421 g/mol. The van der Waals surface area contributed by atoms with E-state index in [-0.39, 0.29) is 23.8 Å². The number of hydrogen-bond acceptors (Lipinski definition) is 5.